The monoisotopic (exact) mass is 573 g/mol. The maximum absolute atomic E-state index is 14.9. The zero-order valence-electron chi connectivity index (χ0n) is 21.7. The minimum Gasteiger partial charge on any atom is -0.485 e. The fourth-order valence-corrected chi connectivity index (χ4v) is 5.23. The maximum Gasteiger partial charge on any atom is 0.271 e. The molecular weight excluding hydrogens is 544 g/mol. The van der Waals surface area contributed by atoms with E-state index in [1.54, 1.807) is 19.4 Å². The molecule has 2 aliphatic rings. The Morgan fingerprint density at radius 2 is 1.87 bits per heavy atom. The van der Waals surface area contributed by atoms with Crippen molar-refractivity contribution in [2.75, 3.05) is 44.7 Å². The summed E-state index contributed by atoms with van der Waals surface area (Å²) in [5, 5.41) is 3.66. The number of halogens is 3. The van der Waals surface area contributed by atoms with Gasteiger partial charge < -0.3 is 15.0 Å². The third-order valence-corrected chi connectivity index (χ3v) is 7.22. The normalized spacial score (nSPS) is 14.5. The number of anilines is 1. The second kappa shape index (κ2) is 11.7. The molecule has 1 saturated heterocycles. The van der Waals surface area contributed by atoms with Crippen LogP contribution in [0, 0.1) is 12.7 Å². The Kier molecular flexibility index (Phi) is 8.58. The number of amides is 1. The van der Waals surface area contributed by atoms with Gasteiger partial charge in [-0.1, -0.05) is 6.07 Å². The molecule has 1 N–H and O–H groups in total. The summed E-state index contributed by atoms with van der Waals surface area (Å²) in [4.78, 5) is 30.1. The third kappa shape index (κ3) is 5.24. The van der Waals surface area contributed by atoms with Gasteiger partial charge >= 0.3 is 0 Å². The van der Waals surface area contributed by atoms with Gasteiger partial charge in [-0.15, -0.1) is 24.8 Å². The van der Waals surface area contributed by atoms with E-state index < -0.39 is 0 Å². The number of nitrogens with one attached hydrogen (secondary N) is 1. The number of fused-ring (bicyclic) bond motifs is 4. The van der Waals surface area contributed by atoms with E-state index in [1.807, 2.05) is 29.8 Å². The molecule has 0 atom stereocenters. The van der Waals surface area contributed by atoms with Gasteiger partial charge in [-0.2, -0.15) is 0 Å². The van der Waals surface area contributed by atoms with Crippen LogP contribution in [-0.2, 0) is 13.0 Å². The van der Waals surface area contributed by atoms with Gasteiger partial charge in [-0.25, -0.2) is 19.3 Å². The lowest BCUT2D eigenvalue weighted by Crippen LogP contribution is -2.47. The molecule has 0 spiro atoms. The van der Waals surface area contributed by atoms with E-state index in [4.69, 9.17) is 4.74 Å². The van der Waals surface area contributed by atoms with Crippen LogP contribution in [0.4, 0.5) is 10.1 Å². The molecule has 0 radical (unpaired) electrons. The second-order valence-electron chi connectivity index (χ2n) is 9.36. The summed E-state index contributed by atoms with van der Waals surface area (Å²) in [5.41, 5.74) is 4.36. The minimum atomic E-state index is -0.279. The summed E-state index contributed by atoms with van der Waals surface area (Å²) < 4.78 is 22.8. The molecule has 12 heteroatoms. The summed E-state index contributed by atoms with van der Waals surface area (Å²) in [6.07, 6.45) is 4.04. The lowest BCUT2D eigenvalue weighted by molar-refractivity contribution is 0.0955. The molecular formula is C27H30Cl2FN7O2. The topological polar surface area (TPSA) is 88.4 Å². The Balaban J connectivity index is 0.00000176. The second-order valence-corrected chi connectivity index (χ2v) is 9.36. The highest BCUT2D eigenvalue weighted by Gasteiger charge is 2.28. The van der Waals surface area contributed by atoms with E-state index in [2.05, 4.69) is 36.1 Å². The van der Waals surface area contributed by atoms with Gasteiger partial charge in [0.2, 0.25) is 0 Å². The Labute approximate surface area is 238 Å². The molecule has 0 unspecified atom stereocenters. The van der Waals surface area contributed by atoms with Crippen LogP contribution in [0.5, 0.6) is 5.75 Å². The Morgan fingerprint density at radius 3 is 2.64 bits per heavy atom. The van der Waals surface area contributed by atoms with Crippen molar-refractivity contribution in [3.63, 3.8) is 0 Å². The van der Waals surface area contributed by atoms with Crippen molar-refractivity contribution in [1.29, 1.82) is 0 Å². The Bertz CT molecular complexity index is 1510. The molecule has 1 amide bonds. The lowest BCUT2D eigenvalue weighted by Gasteiger charge is -2.36. The molecule has 4 heterocycles. The largest absolute Gasteiger partial charge is 0.485 e. The number of imidazole rings is 1. The van der Waals surface area contributed by atoms with Gasteiger partial charge in [0.25, 0.3) is 5.91 Å². The number of piperazine rings is 1. The first kappa shape index (κ1) is 28.5. The number of benzene rings is 2. The van der Waals surface area contributed by atoms with Crippen LogP contribution in [0.25, 0.3) is 16.6 Å². The first-order chi connectivity index (χ1) is 18.0. The van der Waals surface area contributed by atoms with Crippen molar-refractivity contribution in [1.82, 2.24) is 29.7 Å². The fourth-order valence-electron chi connectivity index (χ4n) is 5.23. The van der Waals surface area contributed by atoms with E-state index in [1.165, 1.54) is 6.07 Å². The van der Waals surface area contributed by atoms with Gasteiger partial charge in [0.1, 0.15) is 30.3 Å². The predicted octanol–water partition coefficient (Wildman–Crippen LogP) is 3.72. The first-order valence-electron chi connectivity index (χ1n) is 12.5. The van der Waals surface area contributed by atoms with Crippen LogP contribution in [0.2, 0.25) is 0 Å². The van der Waals surface area contributed by atoms with Gasteiger partial charge in [0.15, 0.2) is 5.69 Å². The molecule has 0 bridgehead atoms. The van der Waals surface area contributed by atoms with Gasteiger partial charge in [-0.3, -0.25) is 14.3 Å². The number of carbonyl (C=O) groups excluding carboxylic acids is 1. The molecule has 206 valence electrons. The van der Waals surface area contributed by atoms with E-state index in [0.29, 0.717) is 34.8 Å². The SMILES string of the molecule is CNC(=O)c1ncn2c1COc1c-2ccc(F)c1CCN1CCN(c2cccc3nc(C)ncc23)CC1.Cl.Cl. The predicted molar refractivity (Wildman–Crippen MR) is 152 cm³/mol. The van der Waals surface area contributed by atoms with Crippen LogP contribution in [0.1, 0.15) is 27.6 Å². The van der Waals surface area contributed by atoms with E-state index in [-0.39, 0.29) is 43.1 Å². The summed E-state index contributed by atoms with van der Waals surface area (Å²) >= 11 is 0. The van der Waals surface area contributed by atoms with E-state index in [0.717, 1.165) is 55.1 Å². The highest BCUT2D eigenvalue weighted by atomic mass is 35.5. The molecule has 2 aromatic carbocycles. The maximum atomic E-state index is 14.9. The average molecular weight is 574 g/mol. The third-order valence-electron chi connectivity index (χ3n) is 7.22. The van der Waals surface area contributed by atoms with Crippen LogP contribution >= 0.6 is 24.8 Å². The number of nitrogens with zero attached hydrogens (tertiary/aromatic N) is 6. The number of aromatic nitrogens is 4. The molecule has 0 saturated carbocycles. The number of rotatable bonds is 5. The van der Waals surface area contributed by atoms with Crippen molar-refractivity contribution in [3.8, 4) is 11.4 Å². The molecule has 39 heavy (non-hydrogen) atoms. The summed E-state index contributed by atoms with van der Waals surface area (Å²) in [5.74, 6) is 0.745. The lowest BCUT2D eigenvalue weighted by atomic mass is 10.1. The van der Waals surface area contributed by atoms with E-state index in [9.17, 15) is 9.18 Å². The van der Waals surface area contributed by atoms with Crippen LogP contribution in [0.3, 0.4) is 0 Å². The number of carbonyl (C=O) groups is 1. The molecule has 6 rings (SSSR count). The number of hydrogen-bond donors (Lipinski definition) is 1. The van der Waals surface area contributed by atoms with Crippen molar-refractivity contribution in [2.45, 2.75) is 20.0 Å². The molecule has 9 nitrogen and oxygen atoms in total. The highest BCUT2D eigenvalue weighted by molar-refractivity contribution is 5.93. The van der Waals surface area contributed by atoms with Crippen molar-refractivity contribution in [3.05, 3.63) is 71.4 Å². The van der Waals surface area contributed by atoms with Crippen LogP contribution in [-0.4, -0.2) is 70.1 Å². The summed E-state index contributed by atoms with van der Waals surface area (Å²) in [7, 11) is 1.57. The standard InChI is InChI=1S/C27H28FN7O2.2ClH/c1-17-30-14-19-21(32-17)4-3-5-22(19)34-12-10-33(11-13-34)9-8-18-20(28)6-7-23-26(18)37-15-24-25(27(36)29-2)31-16-35(23)24;;/h3-7,14,16H,8-13,15H2,1-2H3,(H,29,36);2*1H. The smallest absolute Gasteiger partial charge is 0.271 e. The van der Waals surface area contributed by atoms with Gasteiger partial charge in [-0.05, 0) is 37.6 Å². The fraction of sp³-hybridized carbons (Fsp3) is 0.333. The van der Waals surface area contributed by atoms with Gasteiger partial charge in [0.05, 0.1) is 16.9 Å². The van der Waals surface area contributed by atoms with E-state index >= 15 is 0 Å². The van der Waals surface area contributed by atoms with Crippen molar-refractivity contribution >= 4 is 47.3 Å². The van der Waals surface area contributed by atoms with Crippen molar-refractivity contribution < 1.29 is 13.9 Å². The van der Waals surface area contributed by atoms with Crippen molar-refractivity contribution in [2.24, 2.45) is 0 Å². The molecule has 1 fully saturated rings. The van der Waals surface area contributed by atoms with Crippen LogP contribution in [0.15, 0.2) is 42.9 Å². The zero-order valence-corrected chi connectivity index (χ0v) is 23.3. The minimum absolute atomic E-state index is 0. The highest BCUT2D eigenvalue weighted by Crippen LogP contribution is 2.36. The quantitative estimate of drug-likeness (QED) is 0.389. The summed E-state index contributed by atoms with van der Waals surface area (Å²) in [6, 6.07) is 9.34. The van der Waals surface area contributed by atoms with Gasteiger partial charge in [0, 0.05) is 62.6 Å². The Morgan fingerprint density at radius 1 is 1.08 bits per heavy atom. The van der Waals surface area contributed by atoms with Crippen LogP contribution < -0.4 is 15.0 Å². The molecule has 2 aliphatic heterocycles. The average Bonchev–Trinajstić information content (AvgIpc) is 3.36. The zero-order chi connectivity index (χ0) is 25.5. The number of ether oxygens (including phenoxy) is 1. The first-order valence-corrected chi connectivity index (χ1v) is 12.5. The number of aryl methyl sites for hydroxylation is 1. The number of hydrogen-bond acceptors (Lipinski definition) is 7. The molecule has 0 aliphatic carbocycles. The molecule has 2 aromatic heterocycles. The summed E-state index contributed by atoms with van der Waals surface area (Å²) in [6.45, 7) is 6.30. The Hall–Kier alpha value is -3.47. The molecule has 4 aromatic rings.